The largest absolute Gasteiger partial charge is 0.463 e. The van der Waals surface area contributed by atoms with Gasteiger partial charge in [-0.2, -0.15) is 0 Å². The molecule has 27 heavy (non-hydrogen) atoms. The first-order valence-corrected chi connectivity index (χ1v) is 8.99. The third-order valence-electron chi connectivity index (χ3n) is 4.33. The maximum atomic E-state index is 12.6. The van der Waals surface area contributed by atoms with Gasteiger partial charge in [0.15, 0.2) is 0 Å². The number of esters is 1. The molecule has 0 aromatic heterocycles. The van der Waals surface area contributed by atoms with Gasteiger partial charge in [-0.3, -0.25) is 14.5 Å². The number of nitrogens with zero attached hydrogens (tertiary/aromatic N) is 2. The maximum Gasteiger partial charge on any atom is 0.332 e. The number of methoxy groups -OCH3 is 1. The number of carbonyl (C=O) groups is 3. The standard InChI is InChI=1S/C19H27N3O5/c1-15(23)20-13-16-3-5-17(6-4-16)19(25)22-9-7-21(8-10-22)11-12-27-18(24)14-26-2/h3-6H,7-14H2,1-2H3,(H,20,23). The molecule has 0 radical (unpaired) electrons. The quantitative estimate of drug-likeness (QED) is 0.655. The average molecular weight is 377 g/mol. The number of rotatable bonds is 8. The van der Waals surface area contributed by atoms with E-state index in [0.717, 1.165) is 18.7 Å². The van der Waals surface area contributed by atoms with Crippen LogP contribution in [0.25, 0.3) is 0 Å². The van der Waals surface area contributed by atoms with Crippen molar-refractivity contribution in [1.29, 1.82) is 0 Å². The number of amides is 2. The van der Waals surface area contributed by atoms with Crippen LogP contribution in [0.5, 0.6) is 0 Å². The van der Waals surface area contributed by atoms with E-state index in [4.69, 9.17) is 9.47 Å². The summed E-state index contributed by atoms with van der Waals surface area (Å²) in [5.41, 5.74) is 1.60. The Morgan fingerprint density at radius 1 is 1.07 bits per heavy atom. The monoisotopic (exact) mass is 377 g/mol. The molecule has 0 spiro atoms. The predicted octanol–water partition coefficient (Wildman–Crippen LogP) is 0.270. The van der Waals surface area contributed by atoms with Crippen molar-refractivity contribution in [3.63, 3.8) is 0 Å². The van der Waals surface area contributed by atoms with E-state index in [2.05, 4.69) is 10.2 Å². The number of piperazine rings is 1. The summed E-state index contributed by atoms with van der Waals surface area (Å²) >= 11 is 0. The topological polar surface area (TPSA) is 88.2 Å². The maximum absolute atomic E-state index is 12.6. The molecule has 1 saturated heterocycles. The van der Waals surface area contributed by atoms with Gasteiger partial charge in [-0.15, -0.1) is 0 Å². The highest BCUT2D eigenvalue weighted by molar-refractivity contribution is 5.94. The van der Waals surface area contributed by atoms with E-state index in [9.17, 15) is 14.4 Å². The van der Waals surface area contributed by atoms with Gasteiger partial charge < -0.3 is 19.7 Å². The smallest absolute Gasteiger partial charge is 0.332 e. The molecule has 1 aliphatic rings. The molecule has 1 N–H and O–H groups in total. The summed E-state index contributed by atoms with van der Waals surface area (Å²) in [5.74, 6) is -0.443. The highest BCUT2D eigenvalue weighted by Gasteiger charge is 2.22. The van der Waals surface area contributed by atoms with Gasteiger partial charge in [-0.1, -0.05) is 12.1 Å². The highest BCUT2D eigenvalue weighted by atomic mass is 16.6. The van der Waals surface area contributed by atoms with Crippen molar-refractivity contribution in [3.05, 3.63) is 35.4 Å². The Kier molecular flexibility index (Phi) is 8.22. The molecule has 2 amide bonds. The van der Waals surface area contributed by atoms with Crippen LogP contribution >= 0.6 is 0 Å². The lowest BCUT2D eigenvalue weighted by atomic mass is 10.1. The van der Waals surface area contributed by atoms with E-state index in [1.165, 1.54) is 14.0 Å². The molecule has 1 fully saturated rings. The molecule has 0 saturated carbocycles. The van der Waals surface area contributed by atoms with Crippen LogP contribution < -0.4 is 5.32 Å². The van der Waals surface area contributed by atoms with Crippen LogP contribution in [0.1, 0.15) is 22.8 Å². The molecular weight excluding hydrogens is 350 g/mol. The average Bonchev–Trinajstić information content (AvgIpc) is 2.67. The number of carbonyl (C=O) groups excluding carboxylic acids is 3. The van der Waals surface area contributed by atoms with Crippen LogP contribution in [0.15, 0.2) is 24.3 Å². The molecule has 0 unspecified atom stereocenters. The van der Waals surface area contributed by atoms with Gasteiger partial charge >= 0.3 is 5.97 Å². The Balaban J connectivity index is 1.74. The lowest BCUT2D eigenvalue weighted by Gasteiger charge is -2.34. The van der Waals surface area contributed by atoms with E-state index in [0.29, 0.717) is 38.3 Å². The van der Waals surface area contributed by atoms with Gasteiger partial charge in [0.05, 0.1) is 0 Å². The minimum absolute atomic E-state index is 0.00671. The molecule has 1 heterocycles. The molecule has 0 aliphatic carbocycles. The zero-order chi connectivity index (χ0) is 19.6. The zero-order valence-electron chi connectivity index (χ0n) is 15.9. The molecule has 1 aromatic carbocycles. The van der Waals surface area contributed by atoms with E-state index < -0.39 is 0 Å². The molecule has 8 nitrogen and oxygen atoms in total. The van der Waals surface area contributed by atoms with Gasteiger partial charge in [0.2, 0.25) is 5.91 Å². The lowest BCUT2D eigenvalue weighted by Crippen LogP contribution is -2.49. The van der Waals surface area contributed by atoms with Crippen molar-refractivity contribution in [2.24, 2.45) is 0 Å². The molecule has 0 bridgehead atoms. The van der Waals surface area contributed by atoms with Crippen LogP contribution in [-0.4, -0.2) is 80.6 Å². The second-order valence-electron chi connectivity index (χ2n) is 6.39. The van der Waals surface area contributed by atoms with E-state index >= 15 is 0 Å². The first-order chi connectivity index (χ1) is 13.0. The molecule has 1 aromatic rings. The first kappa shape index (κ1) is 20.9. The summed E-state index contributed by atoms with van der Waals surface area (Å²) in [5, 5.41) is 2.73. The van der Waals surface area contributed by atoms with Crippen LogP contribution in [0.4, 0.5) is 0 Å². The van der Waals surface area contributed by atoms with Gasteiger partial charge in [0.25, 0.3) is 5.91 Å². The van der Waals surface area contributed by atoms with Crippen molar-refractivity contribution >= 4 is 17.8 Å². The van der Waals surface area contributed by atoms with E-state index in [1.807, 2.05) is 17.0 Å². The van der Waals surface area contributed by atoms with E-state index in [-0.39, 0.29) is 24.4 Å². The fraction of sp³-hybridized carbons (Fsp3) is 0.526. The molecule has 1 aliphatic heterocycles. The number of hydrogen-bond acceptors (Lipinski definition) is 6. The molecule has 8 heteroatoms. The molecule has 148 valence electrons. The van der Waals surface area contributed by atoms with Crippen molar-refractivity contribution < 1.29 is 23.9 Å². The second-order valence-corrected chi connectivity index (χ2v) is 6.39. The SMILES string of the molecule is COCC(=O)OCCN1CCN(C(=O)c2ccc(CNC(C)=O)cc2)CC1. The minimum atomic E-state index is -0.367. The first-order valence-electron chi connectivity index (χ1n) is 8.99. The third kappa shape index (κ3) is 6.99. The molecule has 2 rings (SSSR count). The highest BCUT2D eigenvalue weighted by Crippen LogP contribution is 2.10. The normalized spacial score (nSPS) is 14.7. The lowest BCUT2D eigenvalue weighted by molar-refractivity contribution is -0.148. The minimum Gasteiger partial charge on any atom is -0.463 e. The third-order valence-corrected chi connectivity index (χ3v) is 4.33. The fourth-order valence-corrected chi connectivity index (χ4v) is 2.80. The predicted molar refractivity (Wildman–Crippen MR) is 99.1 cm³/mol. The van der Waals surface area contributed by atoms with Crippen molar-refractivity contribution in [1.82, 2.24) is 15.1 Å². The second kappa shape index (κ2) is 10.6. The van der Waals surface area contributed by atoms with Gasteiger partial charge in [0.1, 0.15) is 13.2 Å². The van der Waals surface area contributed by atoms with Crippen LogP contribution in [-0.2, 0) is 25.6 Å². The summed E-state index contributed by atoms with van der Waals surface area (Å²) in [6, 6.07) is 7.30. The Morgan fingerprint density at radius 3 is 2.33 bits per heavy atom. The van der Waals surface area contributed by atoms with Crippen LogP contribution in [0.2, 0.25) is 0 Å². The molecular formula is C19H27N3O5. The summed E-state index contributed by atoms with van der Waals surface area (Å²) < 4.78 is 9.77. The van der Waals surface area contributed by atoms with Gasteiger partial charge in [-0.05, 0) is 17.7 Å². The zero-order valence-corrected chi connectivity index (χ0v) is 15.9. The van der Waals surface area contributed by atoms with Crippen LogP contribution in [0, 0.1) is 0 Å². The summed E-state index contributed by atoms with van der Waals surface area (Å²) in [6.45, 7) is 5.63. The Bertz CT molecular complexity index is 639. The van der Waals surface area contributed by atoms with Gasteiger partial charge in [-0.25, -0.2) is 4.79 Å². The number of ether oxygens (including phenoxy) is 2. The van der Waals surface area contributed by atoms with Gasteiger partial charge in [0, 0.05) is 58.9 Å². The Hall–Kier alpha value is -2.45. The number of hydrogen-bond donors (Lipinski definition) is 1. The van der Waals surface area contributed by atoms with Crippen LogP contribution in [0.3, 0.4) is 0 Å². The summed E-state index contributed by atoms with van der Waals surface area (Å²) in [6.07, 6.45) is 0. The fourth-order valence-electron chi connectivity index (χ4n) is 2.80. The Morgan fingerprint density at radius 2 is 1.74 bits per heavy atom. The summed E-state index contributed by atoms with van der Waals surface area (Å²) in [7, 11) is 1.45. The summed E-state index contributed by atoms with van der Waals surface area (Å²) in [4.78, 5) is 38.8. The Labute approximate surface area is 159 Å². The number of nitrogens with one attached hydrogen (secondary N) is 1. The van der Waals surface area contributed by atoms with E-state index in [1.54, 1.807) is 12.1 Å². The van der Waals surface area contributed by atoms with Crippen molar-refractivity contribution in [2.75, 3.05) is 53.0 Å². The molecule has 0 atom stereocenters. The number of benzene rings is 1. The van der Waals surface area contributed by atoms with Crippen molar-refractivity contribution in [3.8, 4) is 0 Å². The van der Waals surface area contributed by atoms with Crippen molar-refractivity contribution in [2.45, 2.75) is 13.5 Å².